The molecular weight excluding hydrogens is 354 g/mol. The van der Waals surface area contributed by atoms with Gasteiger partial charge in [0.1, 0.15) is 5.69 Å². The molecule has 5 rings (SSSR count). The Morgan fingerprint density at radius 1 is 1.21 bits per heavy atom. The molecular formula is C22H19N3O3. The van der Waals surface area contributed by atoms with Gasteiger partial charge >= 0.3 is 0 Å². The third kappa shape index (κ3) is 2.52. The van der Waals surface area contributed by atoms with Gasteiger partial charge < -0.3 is 13.8 Å². The van der Waals surface area contributed by atoms with Crippen molar-refractivity contribution in [2.45, 2.75) is 25.8 Å². The third-order valence-electron chi connectivity index (χ3n) is 5.51. The van der Waals surface area contributed by atoms with E-state index >= 15 is 0 Å². The number of nitrogens with zero attached hydrogens (tertiary/aromatic N) is 3. The van der Waals surface area contributed by atoms with Crippen LogP contribution in [0.5, 0.6) is 0 Å². The van der Waals surface area contributed by atoms with Crippen LogP contribution in [0.4, 0.5) is 0 Å². The first-order chi connectivity index (χ1) is 13.6. The van der Waals surface area contributed by atoms with E-state index in [1.54, 1.807) is 18.4 Å². The molecule has 1 aromatic carbocycles. The van der Waals surface area contributed by atoms with Crippen LogP contribution in [0.25, 0.3) is 22.6 Å². The van der Waals surface area contributed by atoms with Gasteiger partial charge in [0.05, 0.1) is 28.9 Å². The summed E-state index contributed by atoms with van der Waals surface area (Å²) in [5.41, 5.74) is 4.60. The average Bonchev–Trinajstić information content (AvgIpc) is 3.46. The van der Waals surface area contributed by atoms with E-state index < -0.39 is 0 Å². The van der Waals surface area contributed by atoms with Crippen molar-refractivity contribution in [1.29, 1.82) is 0 Å². The van der Waals surface area contributed by atoms with Crippen molar-refractivity contribution in [2.24, 2.45) is 0 Å². The molecule has 0 fully saturated rings. The molecule has 0 bridgehead atoms. The zero-order chi connectivity index (χ0) is 19.3. The number of hydrogen-bond donors (Lipinski definition) is 0. The summed E-state index contributed by atoms with van der Waals surface area (Å²) in [6.07, 6.45) is 3.48. The maximum Gasteiger partial charge on any atom is 0.259 e. The summed E-state index contributed by atoms with van der Waals surface area (Å²) in [7, 11) is 1.86. The normalized spacial score (nSPS) is 15.7. The molecule has 140 valence electrons. The van der Waals surface area contributed by atoms with Crippen LogP contribution in [0.3, 0.4) is 0 Å². The van der Waals surface area contributed by atoms with E-state index in [9.17, 15) is 4.79 Å². The van der Waals surface area contributed by atoms with Crippen LogP contribution in [0.15, 0.2) is 57.7 Å². The fourth-order valence-electron chi connectivity index (χ4n) is 4.08. The smallest absolute Gasteiger partial charge is 0.259 e. The van der Waals surface area contributed by atoms with Crippen molar-refractivity contribution in [2.75, 3.05) is 7.05 Å². The summed E-state index contributed by atoms with van der Waals surface area (Å²) in [5.74, 6) is 0.507. The number of amides is 1. The molecule has 1 unspecified atom stereocenters. The molecule has 1 aliphatic carbocycles. The van der Waals surface area contributed by atoms with E-state index in [4.69, 9.17) is 8.94 Å². The van der Waals surface area contributed by atoms with Crippen molar-refractivity contribution in [3.05, 3.63) is 71.1 Å². The maximum absolute atomic E-state index is 13.5. The zero-order valence-corrected chi connectivity index (χ0v) is 15.7. The largest absolute Gasteiger partial charge is 0.463 e. The highest BCUT2D eigenvalue weighted by Crippen LogP contribution is 2.36. The molecule has 0 saturated heterocycles. The Kier molecular flexibility index (Phi) is 3.79. The van der Waals surface area contributed by atoms with Crippen molar-refractivity contribution in [3.8, 4) is 11.5 Å². The lowest BCUT2D eigenvalue weighted by Gasteiger charge is -2.26. The summed E-state index contributed by atoms with van der Waals surface area (Å²) in [5, 5.41) is 4.67. The Morgan fingerprint density at radius 2 is 2.07 bits per heavy atom. The average molecular weight is 373 g/mol. The number of rotatable bonds is 3. The van der Waals surface area contributed by atoms with Gasteiger partial charge in [-0.2, -0.15) is 0 Å². The minimum absolute atomic E-state index is 0.0548. The van der Waals surface area contributed by atoms with Gasteiger partial charge in [0, 0.05) is 7.05 Å². The van der Waals surface area contributed by atoms with Gasteiger partial charge in [-0.1, -0.05) is 29.4 Å². The summed E-state index contributed by atoms with van der Waals surface area (Å²) >= 11 is 0. The molecule has 6 nitrogen and oxygen atoms in total. The molecule has 1 atom stereocenters. The summed E-state index contributed by atoms with van der Waals surface area (Å²) in [4.78, 5) is 19.8. The number of carbonyl (C=O) groups is 1. The van der Waals surface area contributed by atoms with Crippen LogP contribution in [0, 0.1) is 6.92 Å². The summed E-state index contributed by atoms with van der Waals surface area (Å²) in [6, 6.07) is 13.7. The highest BCUT2D eigenvalue weighted by Gasteiger charge is 2.31. The summed E-state index contributed by atoms with van der Waals surface area (Å²) in [6.45, 7) is 1.82. The topological polar surface area (TPSA) is 72.4 Å². The second-order valence-electron chi connectivity index (χ2n) is 7.15. The van der Waals surface area contributed by atoms with Crippen molar-refractivity contribution >= 4 is 17.0 Å². The monoisotopic (exact) mass is 373 g/mol. The minimum atomic E-state index is -0.0757. The quantitative estimate of drug-likeness (QED) is 0.527. The van der Waals surface area contributed by atoms with Gasteiger partial charge in [-0.3, -0.25) is 4.79 Å². The van der Waals surface area contributed by atoms with Gasteiger partial charge in [0.25, 0.3) is 11.6 Å². The van der Waals surface area contributed by atoms with E-state index in [1.165, 1.54) is 11.1 Å². The molecule has 0 radical (unpaired) electrons. The number of pyridine rings is 1. The Bertz CT molecular complexity index is 1180. The zero-order valence-electron chi connectivity index (χ0n) is 15.7. The van der Waals surface area contributed by atoms with Crippen LogP contribution in [-0.4, -0.2) is 28.0 Å². The first-order valence-corrected chi connectivity index (χ1v) is 9.29. The number of benzene rings is 1. The number of furan rings is 1. The molecule has 3 heterocycles. The van der Waals surface area contributed by atoms with Crippen molar-refractivity contribution < 1.29 is 13.7 Å². The van der Waals surface area contributed by atoms with Crippen LogP contribution in [0.2, 0.25) is 0 Å². The van der Waals surface area contributed by atoms with E-state index in [2.05, 4.69) is 22.3 Å². The lowest BCUT2D eigenvalue weighted by molar-refractivity contribution is 0.0732. The Labute approximate surface area is 161 Å². The first kappa shape index (κ1) is 16.7. The van der Waals surface area contributed by atoms with Gasteiger partial charge in [0.2, 0.25) is 0 Å². The van der Waals surface area contributed by atoms with Crippen LogP contribution >= 0.6 is 0 Å². The van der Waals surface area contributed by atoms with E-state index in [0.717, 1.165) is 12.8 Å². The molecule has 0 N–H and O–H groups in total. The van der Waals surface area contributed by atoms with E-state index in [-0.39, 0.29) is 11.9 Å². The van der Waals surface area contributed by atoms with Crippen molar-refractivity contribution in [1.82, 2.24) is 15.0 Å². The van der Waals surface area contributed by atoms with E-state index in [1.807, 2.05) is 37.1 Å². The molecule has 3 aromatic heterocycles. The standard InChI is InChI=1S/C22H19N3O3/c1-13-20-16(12-17(19-8-5-11-27-19)23-21(20)28-24-13)22(26)25(2)18-10-9-14-6-3-4-7-15(14)18/h3-8,11-12,18H,9-10H2,1-2H3. The number of carbonyl (C=O) groups excluding carboxylic acids is 1. The van der Waals surface area contributed by atoms with Gasteiger partial charge in [0.15, 0.2) is 5.76 Å². The molecule has 0 saturated carbocycles. The lowest BCUT2D eigenvalue weighted by Crippen LogP contribution is -2.30. The summed E-state index contributed by atoms with van der Waals surface area (Å²) < 4.78 is 10.8. The van der Waals surface area contributed by atoms with Gasteiger partial charge in [-0.15, -0.1) is 0 Å². The molecule has 1 aliphatic rings. The van der Waals surface area contributed by atoms with Crippen LogP contribution in [0.1, 0.15) is 39.6 Å². The molecule has 4 aromatic rings. The number of hydrogen-bond acceptors (Lipinski definition) is 5. The predicted molar refractivity (Wildman–Crippen MR) is 104 cm³/mol. The van der Waals surface area contributed by atoms with Crippen LogP contribution in [-0.2, 0) is 6.42 Å². The van der Waals surface area contributed by atoms with Gasteiger partial charge in [-0.05, 0) is 49.1 Å². The molecule has 1 amide bonds. The molecule has 0 spiro atoms. The molecule has 28 heavy (non-hydrogen) atoms. The highest BCUT2D eigenvalue weighted by molar-refractivity contribution is 6.07. The Hall–Kier alpha value is -3.41. The second kappa shape index (κ2) is 6.34. The Balaban J connectivity index is 1.60. The first-order valence-electron chi connectivity index (χ1n) is 9.29. The molecule has 6 heteroatoms. The number of aromatic nitrogens is 2. The second-order valence-corrected chi connectivity index (χ2v) is 7.15. The van der Waals surface area contributed by atoms with Crippen molar-refractivity contribution in [3.63, 3.8) is 0 Å². The van der Waals surface area contributed by atoms with E-state index in [0.29, 0.717) is 33.8 Å². The highest BCUT2D eigenvalue weighted by atomic mass is 16.5. The lowest BCUT2D eigenvalue weighted by atomic mass is 10.0. The minimum Gasteiger partial charge on any atom is -0.463 e. The number of aryl methyl sites for hydroxylation is 2. The Morgan fingerprint density at radius 3 is 2.89 bits per heavy atom. The fourth-order valence-corrected chi connectivity index (χ4v) is 4.08. The van der Waals surface area contributed by atoms with Gasteiger partial charge in [-0.25, -0.2) is 4.98 Å². The fraction of sp³-hybridized carbons (Fsp3) is 0.227. The third-order valence-corrected chi connectivity index (χ3v) is 5.51. The molecule has 0 aliphatic heterocycles. The van der Waals surface area contributed by atoms with Crippen LogP contribution < -0.4 is 0 Å². The maximum atomic E-state index is 13.5. The predicted octanol–water partition coefficient (Wildman–Crippen LogP) is 4.55. The SMILES string of the molecule is Cc1noc2nc(-c3ccco3)cc(C(=O)N(C)C3CCc4ccccc43)c12. The number of fused-ring (bicyclic) bond motifs is 2.